The monoisotopic (exact) mass is 491 g/mol. The van der Waals surface area contributed by atoms with Crippen molar-refractivity contribution in [1.82, 2.24) is 10.2 Å². The molecule has 2 aromatic carbocycles. The minimum atomic E-state index is -0.816. The van der Waals surface area contributed by atoms with Gasteiger partial charge in [0.2, 0.25) is 5.13 Å². The van der Waals surface area contributed by atoms with E-state index < -0.39 is 17.7 Å². The molecule has 35 heavy (non-hydrogen) atoms. The van der Waals surface area contributed by atoms with Gasteiger partial charge in [0, 0.05) is 5.56 Å². The van der Waals surface area contributed by atoms with Crippen LogP contribution in [0.2, 0.25) is 0 Å². The SMILES string of the molecule is CCCCOc1ccc(C(O)=C2C(=O)C(=O)N(c3nnc(C)s3)C2c2ccc(C(C)C)cc2)cc1. The first-order valence-electron chi connectivity index (χ1n) is 11.8. The molecular formula is C27H29N3O4S. The van der Waals surface area contributed by atoms with Gasteiger partial charge < -0.3 is 9.84 Å². The Labute approximate surface area is 209 Å². The number of unbranched alkanes of at least 4 members (excludes halogenated alkanes) is 1. The number of nitrogens with zero attached hydrogens (tertiary/aromatic N) is 3. The smallest absolute Gasteiger partial charge is 0.301 e. The van der Waals surface area contributed by atoms with Gasteiger partial charge in [0.25, 0.3) is 5.78 Å². The summed E-state index contributed by atoms with van der Waals surface area (Å²) in [6.45, 7) is 8.69. The molecule has 1 aliphatic rings. The number of hydrogen-bond acceptors (Lipinski definition) is 7. The van der Waals surface area contributed by atoms with E-state index in [-0.39, 0.29) is 11.3 Å². The van der Waals surface area contributed by atoms with Gasteiger partial charge in [-0.2, -0.15) is 0 Å². The largest absolute Gasteiger partial charge is 0.507 e. The highest BCUT2D eigenvalue weighted by Crippen LogP contribution is 2.43. The van der Waals surface area contributed by atoms with E-state index in [2.05, 4.69) is 31.0 Å². The lowest BCUT2D eigenvalue weighted by Gasteiger charge is -2.23. The quantitative estimate of drug-likeness (QED) is 0.186. The number of Topliss-reactive ketones (excluding diaryl/α,β-unsaturated/α-hetero) is 1. The fraction of sp³-hybridized carbons (Fsp3) is 0.333. The minimum Gasteiger partial charge on any atom is -0.507 e. The zero-order valence-corrected chi connectivity index (χ0v) is 21.1. The van der Waals surface area contributed by atoms with E-state index in [1.54, 1.807) is 31.2 Å². The highest BCUT2D eigenvalue weighted by atomic mass is 32.1. The summed E-state index contributed by atoms with van der Waals surface area (Å²) in [5.41, 5.74) is 2.31. The fourth-order valence-corrected chi connectivity index (χ4v) is 4.70. The number of aliphatic hydroxyl groups excluding tert-OH is 1. The Morgan fingerprint density at radius 1 is 1.09 bits per heavy atom. The molecule has 1 fully saturated rings. The molecule has 1 saturated heterocycles. The number of benzene rings is 2. The molecule has 1 amide bonds. The van der Waals surface area contributed by atoms with Crippen molar-refractivity contribution in [2.24, 2.45) is 0 Å². The van der Waals surface area contributed by atoms with Crippen LogP contribution in [0.5, 0.6) is 5.75 Å². The van der Waals surface area contributed by atoms with Crippen molar-refractivity contribution in [3.63, 3.8) is 0 Å². The summed E-state index contributed by atoms with van der Waals surface area (Å²) in [4.78, 5) is 27.7. The summed E-state index contributed by atoms with van der Waals surface area (Å²) in [6, 6.07) is 13.8. The van der Waals surface area contributed by atoms with Crippen LogP contribution in [0.15, 0.2) is 54.1 Å². The summed E-state index contributed by atoms with van der Waals surface area (Å²) in [5.74, 6) is -0.707. The molecule has 3 aromatic rings. The van der Waals surface area contributed by atoms with Crippen LogP contribution in [0.4, 0.5) is 5.13 Å². The van der Waals surface area contributed by atoms with Crippen LogP contribution in [-0.2, 0) is 9.59 Å². The van der Waals surface area contributed by atoms with E-state index in [9.17, 15) is 14.7 Å². The lowest BCUT2D eigenvalue weighted by atomic mass is 9.93. The number of carbonyl (C=O) groups excluding carboxylic acids is 2. The minimum absolute atomic E-state index is 0.0276. The zero-order valence-electron chi connectivity index (χ0n) is 20.3. The standard InChI is InChI=1S/C27H29N3O4S/c1-5-6-15-34-21-13-11-20(12-14-21)24(31)22-23(19-9-7-18(8-10-19)16(2)3)30(26(33)25(22)32)27-29-28-17(4)35-27/h7-14,16,23,31H,5-6,15H2,1-4H3. The number of hydrogen-bond donors (Lipinski definition) is 1. The molecule has 0 bridgehead atoms. The highest BCUT2D eigenvalue weighted by Gasteiger charge is 2.48. The number of aryl methyl sites for hydroxylation is 1. The number of rotatable bonds is 8. The Morgan fingerprint density at radius 3 is 2.34 bits per heavy atom. The molecule has 4 rings (SSSR count). The van der Waals surface area contributed by atoms with Crippen molar-refractivity contribution in [2.75, 3.05) is 11.5 Å². The Morgan fingerprint density at radius 2 is 1.77 bits per heavy atom. The molecule has 0 aliphatic carbocycles. The van der Waals surface area contributed by atoms with E-state index in [1.165, 1.54) is 16.2 Å². The van der Waals surface area contributed by atoms with Gasteiger partial charge in [-0.05, 0) is 54.7 Å². The first kappa shape index (κ1) is 24.6. The molecule has 0 radical (unpaired) electrons. The molecular weight excluding hydrogens is 462 g/mol. The Balaban J connectivity index is 1.79. The fourth-order valence-electron chi connectivity index (χ4n) is 3.99. The van der Waals surface area contributed by atoms with E-state index in [0.717, 1.165) is 18.4 Å². The Kier molecular flexibility index (Phi) is 7.31. The summed E-state index contributed by atoms with van der Waals surface area (Å²) in [6.07, 6.45) is 1.98. The number of anilines is 1. The number of aliphatic hydroxyl groups is 1. The van der Waals surface area contributed by atoms with E-state index in [1.807, 2.05) is 24.3 Å². The van der Waals surface area contributed by atoms with Gasteiger partial charge in [-0.25, -0.2) is 0 Å². The molecule has 1 aliphatic heterocycles. The van der Waals surface area contributed by atoms with Crippen LogP contribution in [-0.4, -0.2) is 33.6 Å². The van der Waals surface area contributed by atoms with Crippen LogP contribution < -0.4 is 9.64 Å². The second-order valence-electron chi connectivity index (χ2n) is 8.82. The maximum atomic E-state index is 13.2. The maximum Gasteiger partial charge on any atom is 0.301 e. The van der Waals surface area contributed by atoms with Gasteiger partial charge >= 0.3 is 5.91 Å². The molecule has 182 valence electrons. The van der Waals surface area contributed by atoms with E-state index >= 15 is 0 Å². The lowest BCUT2D eigenvalue weighted by Crippen LogP contribution is -2.29. The molecule has 1 aromatic heterocycles. The average molecular weight is 492 g/mol. The predicted octanol–water partition coefficient (Wildman–Crippen LogP) is 5.78. The first-order chi connectivity index (χ1) is 16.8. The normalized spacial score (nSPS) is 17.4. The van der Waals surface area contributed by atoms with E-state index in [0.29, 0.717) is 39.5 Å². The van der Waals surface area contributed by atoms with Crippen LogP contribution >= 0.6 is 11.3 Å². The van der Waals surface area contributed by atoms with Crippen molar-refractivity contribution in [3.05, 3.63) is 75.8 Å². The molecule has 7 nitrogen and oxygen atoms in total. The third-order valence-electron chi connectivity index (χ3n) is 5.98. The average Bonchev–Trinajstić information content (AvgIpc) is 3.39. The Bertz CT molecular complexity index is 1250. The maximum absolute atomic E-state index is 13.2. The van der Waals surface area contributed by atoms with Gasteiger partial charge in [-0.15, -0.1) is 10.2 Å². The summed E-state index contributed by atoms with van der Waals surface area (Å²) >= 11 is 1.23. The molecule has 0 spiro atoms. The predicted molar refractivity (Wildman–Crippen MR) is 137 cm³/mol. The lowest BCUT2D eigenvalue weighted by molar-refractivity contribution is -0.132. The summed E-state index contributed by atoms with van der Waals surface area (Å²) in [5, 5.41) is 20.4. The van der Waals surface area contributed by atoms with E-state index in [4.69, 9.17) is 4.74 Å². The molecule has 8 heteroatoms. The van der Waals surface area contributed by atoms with Crippen LogP contribution in [0.3, 0.4) is 0 Å². The zero-order chi connectivity index (χ0) is 25.1. The molecule has 1 unspecified atom stereocenters. The Hall–Kier alpha value is -3.52. The number of ketones is 1. The van der Waals surface area contributed by atoms with Crippen molar-refractivity contribution in [1.29, 1.82) is 0 Å². The van der Waals surface area contributed by atoms with Crippen LogP contribution in [0.1, 0.15) is 67.3 Å². The summed E-state index contributed by atoms with van der Waals surface area (Å²) in [7, 11) is 0. The van der Waals surface area contributed by atoms with Gasteiger partial charge in [0.1, 0.15) is 16.5 Å². The second kappa shape index (κ2) is 10.4. The topological polar surface area (TPSA) is 92.6 Å². The number of ether oxygens (including phenoxy) is 1. The van der Waals surface area contributed by atoms with Gasteiger partial charge in [0.05, 0.1) is 18.2 Å². The summed E-state index contributed by atoms with van der Waals surface area (Å²) < 4.78 is 5.70. The number of carbonyl (C=O) groups is 2. The second-order valence-corrected chi connectivity index (χ2v) is 9.98. The van der Waals surface area contributed by atoms with Gasteiger partial charge in [-0.3, -0.25) is 14.5 Å². The third kappa shape index (κ3) is 4.98. The van der Waals surface area contributed by atoms with Crippen LogP contribution in [0.25, 0.3) is 5.76 Å². The van der Waals surface area contributed by atoms with Crippen molar-refractivity contribution >= 4 is 33.9 Å². The third-order valence-corrected chi connectivity index (χ3v) is 6.82. The molecule has 2 heterocycles. The highest BCUT2D eigenvalue weighted by molar-refractivity contribution is 7.15. The molecule has 0 saturated carbocycles. The van der Waals surface area contributed by atoms with Crippen molar-refractivity contribution < 1.29 is 19.4 Å². The van der Waals surface area contributed by atoms with Gasteiger partial charge in [-0.1, -0.05) is 62.8 Å². The van der Waals surface area contributed by atoms with Gasteiger partial charge in [0.15, 0.2) is 0 Å². The van der Waals surface area contributed by atoms with Crippen molar-refractivity contribution in [3.8, 4) is 5.75 Å². The van der Waals surface area contributed by atoms with Crippen LogP contribution in [0, 0.1) is 6.92 Å². The number of aromatic nitrogens is 2. The first-order valence-corrected chi connectivity index (χ1v) is 12.6. The molecule has 1 N–H and O–H groups in total. The number of amides is 1. The van der Waals surface area contributed by atoms with Crippen molar-refractivity contribution in [2.45, 2.75) is 52.5 Å². The molecule has 1 atom stereocenters.